The third-order valence-corrected chi connectivity index (χ3v) is 4.19. The molecule has 1 aliphatic carbocycles. The highest BCUT2D eigenvalue weighted by Gasteiger charge is 2.33. The molecule has 1 saturated carbocycles. The second kappa shape index (κ2) is 5.70. The van der Waals surface area contributed by atoms with E-state index in [9.17, 15) is 4.79 Å². The van der Waals surface area contributed by atoms with Crippen LogP contribution in [0, 0.1) is 12.8 Å². The van der Waals surface area contributed by atoms with Crippen LogP contribution in [0.5, 0.6) is 0 Å². The summed E-state index contributed by atoms with van der Waals surface area (Å²) in [6.07, 6.45) is 2.28. The van der Waals surface area contributed by atoms with Crippen molar-refractivity contribution >= 4 is 28.5 Å². The number of carbonyl (C=O) groups excluding carboxylic acids is 1. The molecule has 0 radical (unpaired) electrons. The highest BCUT2D eigenvalue weighted by Crippen LogP contribution is 2.33. The number of rotatable bonds is 5. The average molecular weight is 308 g/mol. The van der Waals surface area contributed by atoms with Crippen LogP contribution in [0.4, 0.5) is 0 Å². The Kier molecular flexibility index (Phi) is 3.91. The second-order valence-electron chi connectivity index (χ2n) is 5.57. The molecule has 21 heavy (non-hydrogen) atoms. The third kappa shape index (κ3) is 2.92. The van der Waals surface area contributed by atoms with Crippen molar-refractivity contribution in [1.29, 1.82) is 0 Å². The minimum absolute atomic E-state index is 0.0544. The van der Waals surface area contributed by atoms with Crippen LogP contribution in [0.25, 0.3) is 11.0 Å². The number of halogens is 1. The number of fused-ring (bicyclic) bond motifs is 1. The Morgan fingerprint density at radius 1 is 1.52 bits per heavy atom. The molecule has 0 saturated heterocycles. The van der Waals surface area contributed by atoms with Gasteiger partial charge in [-0.3, -0.25) is 4.79 Å². The number of nitrogens with one attached hydrogen (secondary N) is 1. The lowest BCUT2D eigenvalue weighted by atomic mass is 10.1. The fraction of sp³-hybridized carbons (Fsp3) is 0.438. The molecule has 5 heteroatoms. The van der Waals surface area contributed by atoms with Gasteiger partial charge in [-0.25, -0.2) is 0 Å². The van der Waals surface area contributed by atoms with Gasteiger partial charge in [0.1, 0.15) is 5.58 Å². The van der Waals surface area contributed by atoms with Gasteiger partial charge in [0, 0.05) is 23.1 Å². The minimum atomic E-state index is -0.186. The maximum Gasteiger partial charge on any atom is 0.287 e. The Labute approximate surface area is 128 Å². The van der Waals surface area contributed by atoms with Crippen molar-refractivity contribution in [3.63, 3.8) is 0 Å². The van der Waals surface area contributed by atoms with Crippen molar-refractivity contribution in [2.24, 2.45) is 5.92 Å². The number of methoxy groups -OCH3 is 1. The van der Waals surface area contributed by atoms with Gasteiger partial charge in [0.2, 0.25) is 0 Å². The van der Waals surface area contributed by atoms with Gasteiger partial charge in [-0.2, -0.15) is 0 Å². The van der Waals surface area contributed by atoms with Crippen LogP contribution in [0.1, 0.15) is 29.0 Å². The van der Waals surface area contributed by atoms with E-state index in [2.05, 4.69) is 5.32 Å². The molecule has 0 bridgehead atoms. The largest absolute Gasteiger partial charge is 0.451 e. The molecule has 2 aromatic rings. The molecule has 1 heterocycles. The van der Waals surface area contributed by atoms with E-state index in [-0.39, 0.29) is 11.9 Å². The first kappa shape index (κ1) is 14.4. The molecule has 3 rings (SSSR count). The Balaban J connectivity index is 1.85. The van der Waals surface area contributed by atoms with Gasteiger partial charge in [-0.15, -0.1) is 0 Å². The van der Waals surface area contributed by atoms with E-state index in [1.54, 1.807) is 19.2 Å². The summed E-state index contributed by atoms with van der Waals surface area (Å²) < 4.78 is 10.9. The van der Waals surface area contributed by atoms with Crippen molar-refractivity contribution < 1.29 is 13.9 Å². The zero-order valence-electron chi connectivity index (χ0n) is 12.1. The molecule has 1 aromatic heterocycles. The predicted octanol–water partition coefficient (Wildman–Crippen LogP) is 3.55. The van der Waals surface area contributed by atoms with Crippen molar-refractivity contribution in [1.82, 2.24) is 5.32 Å². The number of aryl methyl sites for hydroxylation is 1. The molecule has 1 aliphatic rings. The minimum Gasteiger partial charge on any atom is -0.451 e. The number of furan rings is 1. The fourth-order valence-electron chi connectivity index (χ4n) is 2.62. The molecule has 0 spiro atoms. The van der Waals surface area contributed by atoms with Crippen LogP contribution in [0.2, 0.25) is 5.02 Å². The molecule has 1 atom stereocenters. The van der Waals surface area contributed by atoms with Crippen LogP contribution < -0.4 is 5.32 Å². The van der Waals surface area contributed by atoms with Gasteiger partial charge in [-0.05, 0) is 43.9 Å². The van der Waals surface area contributed by atoms with E-state index in [4.69, 9.17) is 20.8 Å². The summed E-state index contributed by atoms with van der Waals surface area (Å²) >= 11 is 6.00. The van der Waals surface area contributed by atoms with E-state index in [0.29, 0.717) is 28.9 Å². The SMILES string of the molecule is COCC(NC(=O)c1oc2ccc(Cl)cc2c1C)C1CC1. The van der Waals surface area contributed by atoms with E-state index >= 15 is 0 Å². The maximum atomic E-state index is 12.4. The molecular formula is C16H18ClNO3. The van der Waals surface area contributed by atoms with Crippen molar-refractivity contribution in [3.05, 3.63) is 34.5 Å². The van der Waals surface area contributed by atoms with Crippen molar-refractivity contribution in [2.75, 3.05) is 13.7 Å². The first-order valence-corrected chi connectivity index (χ1v) is 7.46. The number of amides is 1. The highest BCUT2D eigenvalue weighted by molar-refractivity contribution is 6.31. The number of carbonyl (C=O) groups is 1. The van der Waals surface area contributed by atoms with Crippen molar-refractivity contribution in [3.8, 4) is 0 Å². The number of benzene rings is 1. The molecule has 112 valence electrons. The summed E-state index contributed by atoms with van der Waals surface area (Å²) in [6.45, 7) is 2.40. The van der Waals surface area contributed by atoms with E-state index in [1.807, 2.05) is 13.0 Å². The molecule has 1 unspecified atom stereocenters. The van der Waals surface area contributed by atoms with Gasteiger partial charge >= 0.3 is 0 Å². The Hall–Kier alpha value is -1.52. The monoisotopic (exact) mass is 307 g/mol. The summed E-state index contributed by atoms with van der Waals surface area (Å²) in [5.41, 5.74) is 1.49. The quantitative estimate of drug-likeness (QED) is 0.919. The summed E-state index contributed by atoms with van der Waals surface area (Å²) in [6, 6.07) is 5.42. The molecule has 4 nitrogen and oxygen atoms in total. The van der Waals surface area contributed by atoms with Gasteiger partial charge in [0.25, 0.3) is 5.91 Å². The van der Waals surface area contributed by atoms with Crippen LogP contribution in [-0.2, 0) is 4.74 Å². The van der Waals surface area contributed by atoms with Gasteiger partial charge in [-0.1, -0.05) is 11.6 Å². The van der Waals surface area contributed by atoms with Crippen LogP contribution in [0.15, 0.2) is 22.6 Å². The number of hydrogen-bond acceptors (Lipinski definition) is 3. The topological polar surface area (TPSA) is 51.5 Å². The lowest BCUT2D eigenvalue weighted by Crippen LogP contribution is -2.39. The maximum absolute atomic E-state index is 12.4. The van der Waals surface area contributed by atoms with Gasteiger partial charge in [0.05, 0.1) is 12.6 Å². The molecule has 1 amide bonds. The van der Waals surface area contributed by atoms with Gasteiger partial charge in [0.15, 0.2) is 5.76 Å². The summed E-state index contributed by atoms with van der Waals surface area (Å²) in [5.74, 6) is 0.691. The standard InChI is InChI=1S/C16H18ClNO3/c1-9-12-7-11(17)5-6-14(12)21-15(9)16(19)18-13(8-20-2)10-3-4-10/h5-7,10,13H,3-4,8H2,1-2H3,(H,18,19). The molecule has 1 fully saturated rings. The number of ether oxygens (including phenoxy) is 1. The van der Waals surface area contributed by atoms with Crippen LogP contribution in [-0.4, -0.2) is 25.7 Å². The number of hydrogen-bond donors (Lipinski definition) is 1. The zero-order valence-corrected chi connectivity index (χ0v) is 12.9. The summed E-state index contributed by atoms with van der Waals surface area (Å²) in [4.78, 5) is 12.4. The smallest absolute Gasteiger partial charge is 0.287 e. The Morgan fingerprint density at radius 2 is 2.29 bits per heavy atom. The predicted molar refractivity (Wildman–Crippen MR) is 81.8 cm³/mol. The second-order valence-corrected chi connectivity index (χ2v) is 6.01. The first-order valence-electron chi connectivity index (χ1n) is 7.08. The van der Waals surface area contributed by atoms with E-state index in [0.717, 1.165) is 23.8 Å². The lowest BCUT2D eigenvalue weighted by molar-refractivity contribution is 0.0858. The summed E-state index contributed by atoms with van der Waals surface area (Å²) in [7, 11) is 1.65. The van der Waals surface area contributed by atoms with Crippen LogP contribution in [0.3, 0.4) is 0 Å². The molecule has 1 aromatic carbocycles. The van der Waals surface area contributed by atoms with Crippen LogP contribution >= 0.6 is 11.6 Å². The van der Waals surface area contributed by atoms with Gasteiger partial charge < -0.3 is 14.5 Å². The van der Waals surface area contributed by atoms with Crippen molar-refractivity contribution in [2.45, 2.75) is 25.8 Å². The highest BCUT2D eigenvalue weighted by atomic mass is 35.5. The molecule has 0 aliphatic heterocycles. The van der Waals surface area contributed by atoms with E-state index in [1.165, 1.54) is 0 Å². The Morgan fingerprint density at radius 3 is 2.95 bits per heavy atom. The summed E-state index contributed by atoms with van der Waals surface area (Å²) in [5, 5.41) is 4.53. The molecular weight excluding hydrogens is 290 g/mol. The normalized spacial score (nSPS) is 16.1. The lowest BCUT2D eigenvalue weighted by Gasteiger charge is -2.16. The van der Waals surface area contributed by atoms with E-state index < -0.39 is 0 Å². The molecule has 1 N–H and O–H groups in total. The fourth-order valence-corrected chi connectivity index (χ4v) is 2.79. The third-order valence-electron chi connectivity index (χ3n) is 3.96. The first-order chi connectivity index (χ1) is 10.1. The average Bonchev–Trinajstić information content (AvgIpc) is 3.24. The zero-order chi connectivity index (χ0) is 15.0. The Bertz CT molecular complexity index is 675.